The van der Waals surface area contributed by atoms with Gasteiger partial charge in [-0.2, -0.15) is 0 Å². The summed E-state index contributed by atoms with van der Waals surface area (Å²) in [5.74, 6) is -0.861. The molecule has 1 rings (SSSR count). The molecule has 4 heteroatoms. The van der Waals surface area contributed by atoms with Crippen molar-refractivity contribution < 1.29 is 9.90 Å². The molecule has 1 aliphatic rings. The normalized spacial score (nSPS) is 37.1. The van der Waals surface area contributed by atoms with E-state index in [9.17, 15) is 4.79 Å². The van der Waals surface area contributed by atoms with Crippen LogP contribution in [0.2, 0.25) is 0 Å². The fourth-order valence-corrected chi connectivity index (χ4v) is 1.74. The Balaban J connectivity index is 2.67. The molecule has 1 saturated carbocycles. The van der Waals surface area contributed by atoms with Gasteiger partial charge in [-0.1, -0.05) is 28.7 Å². The lowest BCUT2D eigenvalue weighted by Gasteiger charge is -2.41. The second-order valence-electron chi connectivity index (χ2n) is 2.81. The molecule has 3 N–H and O–H groups in total. The Hall–Kier alpha value is -0.100. The van der Waals surface area contributed by atoms with Gasteiger partial charge in [-0.25, -0.2) is 0 Å². The van der Waals surface area contributed by atoms with E-state index in [1.54, 1.807) is 0 Å². The van der Waals surface area contributed by atoms with E-state index in [1.807, 2.05) is 10.2 Å². The minimum atomic E-state index is -0.984. The van der Waals surface area contributed by atoms with Crippen molar-refractivity contribution in [3.63, 3.8) is 0 Å². The molecule has 0 aliphatic heterocycles. The van der Waals surface area contributed by atoms with Crippen LogP contribution in [0.25, 0.3) is 0 Å². The molecule has 1 fully saturated rings. The molecule has 11 heavy (non-hydrogen) atoms. The van der Waals surface area contributed by atoms with Crippen LogP contribution >= 0.6 is 22.6 Å². The highest BCUT2D eigenvalue weighted by atomic mass is 127. The van der Waals surface area contributed by atoms with Gasteiger partial charge in [-0.15, -0.1) is 0 Å². The summed E-state index contributed by atoms with van der Waals surface area (Å²) in [4.78, 5) is 10.6. The molecule has 0 bridgehead atoms. The molecule has 0 aromatic heterocycles. The third-order valence-electron chi connectivity index (χ3n) is 2.23. The Morgan fingerprint density at radius 1 is 1.82 bits per heavy atom. The smallest absolute Gasteiger partial charge is 0.324 e. The molecule has 0 radical (unpaired) electrons. The van der Waals surface area contributed by atoms with Crippen LogP contribution in [0.1, 0.15) is 12.8 Å². The molecule has 0 spiro atoms. The summed E-state index contributed by atoms with van der Waals surface area (Å²) in [6.07, 6.45) is 3.34. The van der Waals surface area contributed by atoms with E-state index in [4.69, 9.17) is 10.8 Å². The summed E-state index contributed by atoms with van der Waals surface area (Å²) < 4.78 is 1.83. The van der Waals surface area contributed by atoms with Crippen molar-refractivity contribution in [1.82, 2.24) is 0 Å². The summed E-state index contributed by atoms with van der Waals surface area (Å²) in [6.45, 7) is 0. The van der Waals surface area contributed by atoms with E-state index in [1.165, 1.54) is 0 Å². The van der Waals surface area contributed by atoms with E-state index >= 15 is 0 Å². The molecular formula is C7H10INO2. The van der Waals surface area contributed by atoms with Gasteiger partial charge in [0.2, 0.25) is 0 Å². The SMILES string of the molecule is N[C@@]1(C(=O)O)CCC1/C=C\I. The lowest BCUT2D eigenvalue weighted by Crippen LogP contribution is -2.60. The van der Waals surface area contributed by atoms with Crippen LogP contribution in [0, 0.1) is 5.92 Å². The molecular weight excluding hydrogens is 257 g/mol. The monoisotopic (exact) mass is 267 g/mol. The molecule has 0 amide bonds. The first-order valence-electron chi connectivity index (χ1n) is 3.40. The van der Waals surface area contributed by atoms with E-state index in [2.05, 4.69) is 22.6 Å². The zero-order chi connectivity index (χ0) is 8.48. The fraction of sp³-hybridized carbons (Fsp3) is 0.571. The minimum Gasteiger partial charge on any atom is -0.480 e. The van der Waals surface area contributed by atoms with Crippen LogP contribution in [0.3, 0.4) is 0 Å². The van der Waals surface area contributed by atoms with Crippen molar-refractivity contribution in [3.8, 4) is 0 Å². The predicted octanol–water partition coefficient (Wildman–Crippen LogP) is 1.13. The maximum absolute atomic E-state index is 10.6. The van der Waals surface area contributed by atoms with Gasteiger partial charge in [0.25, 0.3) is 0 Å². The Morgan fingerprint density at radius 3 is 2.73 bits per heavy atom. The number of carboxylic acids is 1. The number of rotatable bonds is 2. The maximum Gasteiger partial charge on any atom is 0.324 e. The molecule has 2 atom stereocenters. The molecule has 0 aromatic carbocycles. The van der Waals surface area contributed by atoms with Crippen molar-refractivity contribution in [2.24, 2.45) is 11.7 Å². The average Bonchev–Trinajstić information content (AvgIpc) is 1.96. The van der Waals surface area contributed by atoms with Crippen molar-refractivity contribution in [2.75, 3.05) is 0 Å². The first kappa shape index (κ1) is 8.99. The van der Waals surface area contributed by atoms with Gasteiger partial charge in [0.1, 0.15) is 5.54 Å². The van der Waals surface area contributed by atoms with Crippen LogP contribution in [0.5, 0.6) is 0 Å². The number of halogens is 1. The third-order valence-corrected chi connectivity index (χ3v) is 2.65. The fourth-order valence-electron chi connectivity index (χ4n) is 1.24. The van der Waals surface area contributed by atoms with E-state index in [0.717, 1.165) is 6.42 Å². The number of carbonyl (C=O) groups is 1. The molecule has 0 saturated heterocycles. The van der Waals surface area contributed by atoms with Crippen LogP contribution in [0.15, 0.2) is 10.2 Å². The Kier molecular flexibility index (Phi) is 2.54. The number of hydrogen-bond acceptors (Lipinski definition) is 2. The van der Waals surface area contributed by atoms with Gasteiger partial charge in [0.05, 0.1) is 0 Å². The van der Waals surface area contributed by atoms with Crippen molar-refractivity contribution in [1.29, 1.82) is 0 Å². The first-order chi connectivity index (χ1) is 5.11. The van der Waals surface area contributed by atoms with Gasteiger partial charge in [-0.05, 0) is 16.9 Å². The third kappa shape index (κ3) is 1.41. The van der Waals surface area contributed by atoms with E-state index in [0.29, 0.717) is 6.42 Å². The molecule has 62 valence electrons. The number of hydrogen-bond donors (Lipinski definition) is 2. The van der Waals surface area contributed by atoms with Gasteiger partial charge >= 0.3 is 5.97 Å². The molecule has 1 aliphatic carbocycles. The molecule has 3 nitrogen and oxygen atoms in total. The zero-order valence-electron chi connectivity index (χ0n) is 5.96. The van der Waals surface area contributed by atoms with Crippen LogP contribution in [0.4, 0.5) is 0 Å². The highest BCUT2D eigenvalue weighted by Gasteiger charge is 2.48. The van der Waals surface area contributed by atoms with Crippen LogP contribution in [-0.2, 0) is 4.79 Å². The highest BCUT2D eigenvalue weighted by molar-refractivity contribution is 14.1. The van der Waals surface area contributed by atoms with Crippen LogP contribution < -0.4 is 5.73 Å². The number of aliphatic carboxylic acids is 1. The van der Waals surface area contributed by atoms with Crippen molar-refractivity contribution in [3.05, 3.63) is 10.2 Å². The highest BCUT2D eigenvalue weighted by Crippen LogP contribution is 2.37. The molecule has 0 heterocycles. The van der Waals surface area contributed by atoms with Gasteiger partial charge in [0.15, 0.2) is 0 Å². The lowest BCUT2D eigenvalue weighted by atomic mass is 9.67. The minimum absolute atomic E-state index is 0.0249. The van der Waals surface area contributed by atoms with Crippen molar-refractivity contribution >= 4 is 28.6 Å². The largest absolute Gasteiger partial charge is 0.480 e. The lowest BCUT2D eigenvalue weighted by molar-refractivity contribution is -0.149. The average molecular weight is 267 g/mol. The Morgan fingerprint density at radius 2 is 2.45 bits per heavy atom. The zero-order valence-corrected chi connectivity index (χ0v) is 8.11. The van der Waals surface area contributed by atoms with Crippen LogP contribution in [-0.4, -0.2) is 16.6 Å². The van der Waals surface area contributed by atoms with Gasteiger partial charge in [0, 0.05) is 5.92 Å². The maximum atomic E-state index is 10.6. The standard InChI is InChI=1S/C7H10INO2/c8-4-2-5-1-3-7(5,9)6(10)11/h2,4-5H,1,3,9H2,(H,10,11)/b4-2-/t5?,7-/m0/s1. The summed E-state index contributed by atoms with van der Waals surface area (Å²) in [7, 11) is 0. The van der Waals surface area contributed by atoms with E-state index < -0.39 is 11.5 Å². The number of nitrogens with two attached hydrogens (primary N) is 1. The molecule has 1 unspecified atom stereocenters. The summed E-state index contributed by atoms with van der Waals surface area (Å²) in [5, 5.41) is 8.73. The predicted molar refractivity (Wildman–Crippen MR) is 50.4 cm³/mol. The number of carboxylic acid groups (broad SMARTS) is 1. The summed E-state index contributed by atoms with van der Waals surface area (Å²) >= 11 is 2.07. The quantitative estimate of drug-likeness (QED) is 0.737. The summed E-state index contributed by atoms with van der Waals surface area (Å²) in [5.41, 5.74) is 4.64. The second kappa shape index (κ2) is 3.10. The topological polar surface area (TPSA) is 63.3 Å². The van der Waals surface area contributed by atoms with Gasteiger partial charge in [-0.3, -0.25) is 4.79 Å². The van der Waals surface area contributed by atoms with E-state index in [-0.39, 0.29) is 5.92 Å². The Labute approximate surface area is 78.8 Å². The Bertz CT molecular complexity index is 205. The first-order valence-corrected chi connectivity index (χ1v) is 4.65. The second-order valence-corrected chi connectivity index (χ2v) is 3.53. The van der Waals surface area contributed by atoms with Crippen molar-refractivity contribution in [2.45, 2.75) is 18.4 Å². The molecule has 0 aromatic rings. The van der Waals surface area contributed by atoms with Gasteiger partial charge < -0.3 is 10.8 Å². The summed E-state index contributed by atoms with van der Waals surface area (Å²) in [6, 6.07) is 0.